The van der Waals surface area contributed by atoms with Gasteiger partial charge in [0.05, 0.1) is 11.4 Å². The average Bonchev–Trinajstić information content (AvgIpc) is 2.94. The fraction of sp³-hybridized carbons (Fsp3) is 0.455. The molecule has 2 aromatic rings. The highest BCUT2D eigenvalue weighted by Crippen LogP contribution is 2.19. The Balaban J connectivity index is 1.66. The number of carbonyl (C=O) groups excluding carboxylic acids is 1. The molecular weight excluding hydrogens is 336 g/mol. The van der Waals surface area contributed by atoms with E-state index in [1.165, 1.54) is 0 Å². The molecule has 27 heavy (non-hydrogen) atoms. The van der Waals surface area contributed by atoms with Crippen LogP contribution in [0, 0.1) is 19.8 Å². The lowest BCUT2D eigenvalue weighted by Gasteiger charge is -2.35. The fourth-order valence-electron chi connectivity index (χ4n) is 3.64. The zero-order valence-electron chi connectivity index (χ0n) is 16.9. The molecule has 2 heterocycles. The number of amides is 1. The predicted molar refractivity (Wildman–Crippen MR) is 110 cm³/mol. The van der Waals surface area contributed by atoms with Crippen molar-refractivity contribution in [2.75, 3.05) is 32.7 Å². The molecule has 1 aromatic heterocycles. The summed E-state index contributed by atoms with van der Waals surface area (Å²) in [5, 5.41) is 4.64. The number of piperazine rings is 1. The first kappa shape index (κ1) is 19.4. The summed E-state index contributed by atoms with van der Waals surface area (Å²) in [7, 11) is 0. The lowest BCUT2D eigenvalue weighted by molar-refractivity contribution is -0.127. The number of carbonyl (C=O) groups is 1. The second-order valence-electron chi connectivity index (χ2n) is 7.68. The van der Waals surface area contributed by atoms with Gasteiger partial charge in [-0.3, -0.25) is 9.69 Å². The number of para-hydroxylation sites is 1. The zero-order chi connectivity index (χ0) is 19.4. The minimum Gasteiger partial charge on any atom is -0.337 e. The summed E-state index contributed by atoms with van der Waals surface area (Å²) in [6.07, 6.45) is 3.62. The lowest BCUT2D eigenvalue weighted by atomic mass is 10.1. The van der Waals surface area contributed by atoms with Crippen LogP contribution in [0.15, 0.2) is 36.4 Å². The van der Waals surface area contributed by atoms with Crippen LogP contribution in [0.4, 0.5) is 0 Å². The molecule has 0 aliphatic carbocycles. The Hall–Kier alpha value is -2.40. The molecule has 0 atom stereocenters. The third-order valence-electron chi connectivity index (χ3n) is 5.05. The van der Waals surface area contributed by atoms with Gasteiger partial charge in [0.25, 0.3) is 0 Å². The first-order valence-electron chi connectivity index (χ1n) is 9.76. The Morgan fingerprint density at radius 3 is 2.41 bits per heavy atom. The van der Waals surface area contributed by atoms with Crippen LogP contribution < -0.4 is 0 Å². The second-order valence-corrected chi connectivity index (χ2v) is 7.68. The van der Waals surface area contributed by atoms with Gasteiger partial charge >= 0.3 is 0 Å². The first-order chi connectivity index (χ1) is 13.0. The van der Waals surface area contributed by atoms with Crippen LogP contribution in [0.3, 0.4) is 0 Å². The second kappa shape index (κ2) is 8.53. The maximum atomic E-state index is 12.6. The first-order valence-corrected chi connectivity index (χ1v) is 9.76. The zero-order valence-corrected chi connectivity index (χ0v) is 16.9. The number of aryl methyl sites for hydroxylation is 1. The van der Waals surface area contributed by atoms with E-state index in [1.807, 2.05) is 59.8 Å². The summed E-state index contributed by atoms with van der Waals surface area (Å²) in [6, 6.07) is 10.1. The molecule has 0 radical (unpaired) electrons. The van der Waals surface area contributed by atoms with Crippen molar-refractivity contribution in [1.82, 2.24) is 19.6 Å². The van der Waals surface area contributed by atoms with Gasteiger partial charge in [-0.2, -0.15) is 5.10 Å². The molecular formula is C22H30N4O. The Morgan fingerprint density at radius 1 is 1.11 bits per heavy atom. The van der Waals surface area contributed by atoms with E-state index < -0.39 is 0 Å². The third kappa shape index (κ3) is 4.66. The molecule has 0 saturated carbocycles. The molecule has 1 aromatic carbocycles. The summed E-state index contributed by atoms with van der Waals surface area (Å²) in [4.78, 5) is 17.0. The Morgan fingerprint density at radius 2 is 1.78 bits per heavy atom. The van der Waals surface area contributed by atoms with Crippen LogP contribution in [-0.2, 0) is 4.79 Å². The van der Waals surface area contributed by atoms with E-state index in [1.54, 1.807) is 6.08 Å². The van der Waals surface area contributed by atoms with Crippen LogP contribution >= 0.6 is 0 Å². The van der Waals surface area contributed by atoms with Crippen LogP contribution in [0.25, 0.3) is 11.8 Å². The van der Waals surface area contributed by atoms with Gasteiger partial charge in [-0.05, 0) is 38.0 Å². The molecule has 0 N–H and O–H groups in total. The van der Waals surface area contributed by atoms with E-state index in [0.29, 0.717) is 5.92 Å². The normalized spacial score (nSPS) is 15.8. The van der Waals surface area contributed by atoms with Gasteiger partial charge in [-0.1, -0.05) is 32.0 Å². The SMILES string of the molecule is Cc1nn(-c2ccccc2)c(C)c1C=CC(=O)N1CCN(CC(C)C)CC1. The largest absolute Gasteiger partial charge is 0.337 e. The summed E-state index contributed by atoms with van der Waals surface area (Å²) in [5.74, 6) is 0.754. The summed E-state index contributed by atoms with van der Waals surface area (Å²) in [6.45, 7) is 13.1. The molecule has 0 unspecified atom stereocenters. The van der Waals surface area contributed by atoms with Gasteiger partial charge in [0.1, 0.15) is 0 Å². The molecule has 5 heteroatoms. The number of hydrogen-bond donors (Lipinski definition) is 0. The lowest BCUT2D eigenvalue weighted by Crippen LogP contribution is -2.49. The van der Waals surface area contributed by atoms with Crippen molar-refractivity contribution in [1.29, 1.82) is 0 Å². The van der Waals surface area contributed by atoms with Crippen molar-refractivity contribution in [2.24, 2.45) is 5.92 Å². The van der Waals surface area contributed by atoms with Crippen molar-refractivity contribution in [3.63, 3.8) is 0 Å². The number of benzene rings is 1. The smallest absolute Gasteiger partial charge is 0.246 e. The topological polar surface area (TPSA) is 41.4 Å². The highest BCUT2D eigenvalue weighted by molar-refractivity contribution is 5.92. The molecule has 1 aliphatic heterocycles. The van der Waals surface area contributed by atoms with E-state index in [2.05, 4.69) is 23.8 Å². The van der Waals surface area contributed by atoms with Gasteiger partial charge in [-0.25, -0.2) is 4.68 Å². The molecule has 3 rings (SSSR count). The minimum absolute atomic E-state index is 0.0884. The molecule has 1 amide bonds. The maximum absolute atomic E-state index is 12.6. The summed E-state index contributed by atoms with van der Waals surface area (Å²) < 4.78 is 1.93. The van der Waals surface area contributed by atoms with Crippen LogP contribution in [0.5, 0.6) is 0 Å². The monoisotopic (exact) mass is 366 g/mol. The van der Waals surface area contributed by atoms with Crippen molar-refractivity contribution >= 4 is 12.0 Å². The van der Waals surface area contributed by atoms with E-state index in [9.17, 15) is 4.79 Å². The number of nitrogens with zero attached hydrogens (tertiary/aromatic N) is 4. The van der Waals surface area contributed by atoms with Crippen molar-refractivity contribution in [3.8, 4) is 5.69 Å². The molecule has 1 aliphatic rings. The van der Waals surface area contributed by atoms with Crippen LogP contribution in [0.1, 0.15) is 30.8 Å². The van der Waals surface area contributed by atoms with Crippen molar-refractivity contribution < 1.29 is 4.79 Å². The molecule has 5 nitrogen and oxygen atoms in total. The molecule has 0 spiro atoms. The van der Waals surface area contributed by atoms with Gasteiger partial charge in [0.15, 0.2) is 0 Å². The number of aromatic nitrogens is 2. The highest BCUT2D eigenvalue weighted by Gasteiger charge is 2.20. The van der Waals surface area contributed by atoms with Crippen LogP contribution in [0.2, 0.25) is 0 Å². The number of rotatable bonds is 5. The third-order valence-corrected chi connectivity index (χ3v) is 5.05. The standard InChI is InChI=1S/C22H30N4O/c1-17(2)16-24-12-14-25(15-13-24)22(27)11-10-21-18(3)23-26(19(21)4)20-8-6-5-7-9-20/h5-11,17H,12-16H2,1-4H3. The van der Waals surface area contributed by atoms with Crippen molar-refractivity contribution in [2.45, 2.75) is 27.7 Å². The Labute approximate surface area is 162 Å². The van der Waals surface area contributed by atoms with E-state index in [0.717, 1.165) is 55.4 Å². The molecule has 1 fully saturated rings. The minimum atomic E-state index is 0.0884. The van der Waals surface area contributed by atoms with Crippen LogP contribution in [-0.4, -0.2) is 58.2 Å². The number of hydrogen-bond acceptors (Lipinski definition) is 3. The Kier molecular flexibility index (Phi) is 6.11. The molecule has 0 bridgehead atoms. The predicted octanol–water partition coefficient (Wildman–Crippen LogP) is 3.30. The van der Waals surface area contributed by atoms with E-state index >= 15 is 0 Å². The van der Waals surface area contributed by atoms with E-state index in [4.69, 9.17) is 0 Å². The quantitative estimate of drug-likeness (QED) is 0.763. The van der Waals surface area contributed by atoms with Gasteiger partial charge in [0.2, 0.25) is 5.91 Å². The van der Waals surface area contributed by atoms with Gasteiger partial charge in [-0.15, -0.1) is 0 Å². The maximum Gasteiger partial charge on any atom is 0.246 e. The molecule has 144 valence electrons. The molecule has 1 saturated heterocycles. The van der Waals surface area contributed by atoms with Gasteiger partial charge < -0.3 is 4.90 Å². The summed E-state index contributed by atoms with van der Waals surface area (Å²) in [5.41, 5.74) is 4.03. The highest BCUT2D eigenvalue weighted by atomic mass is 16.2. The Bertz CT molecular complexity index is 799. The summed E-state index contributed by atoms with van der Waals surface area (Å²) >= 11 is 0. The van der Waals surface area contributed by atoms with E-state index in [-0.39, 0.29) is 5.91 Å². The van der Waals surface area contributed by atoms with Gasteiger partial charge in [0, 0.05) is 50.1 Å². The fourth-order valence-corrected chi connectivity index (χ4v) is 3.64. The average molecular weight is 367 g/mol. The van der Waals surface area contributed by atoms with Crippen molar-refractivity contribution in [3.05, 3.63) is 53.4 Å².